The van der Waals surface area contributed by atoms with Crippen LogP contribution in [0.2, 0.25) is 0 Å². The summed E-state index contributed by atoms with van der Waals surface area (Å²) in [6.45, 7) is 6.75. The van der Waals surface area contributed by atoms with Gasteiger partial charge >= 0.3 is 0 Å². The number of nitrogens with one attached hydrogen (secondary N) is 1. The van der Waals surface area contributed by atoms with Crippen molar-refractivity contribution < 1.29 is 8.42 Å². The summed E-state index contributed by atoms with van der Waals surface area (Å²) in [5.74, 6) is 0. The Morgan fingerprint density at radius 1 is 1.08 bits per heavy atom. The van der Waals surface area contributed by atoms with E-state index in [-0.39, 0.29) is 0 Å². The van der Waals surface area contributed by atoms with Gasteiger partial charge in [-0.2, -0.15) is 17.4 Å². The minimum Gasteiger partial charge on any atom is -0.300 e. The first-order valence-corrected chi connectivity index (χ1v) is 10.4. The second-order valence-electron chi connectivity index (χ2n) is 6.92. The van der Waals surface area contributed by atoms with Crippen molar-refractivity contribution in [3.63, 3.8) is 0 Å². The Hall–Kier alpha value is -0.950. The van der Waals surface area contributed by atoms with Gasteiger partial charge in [0.25, 0.3) is 10.2 Å². The second kappa shape index (κ2) is 8.94. The fraction of sp³-hybridized carbons (Fsp3) is 0.667. The molecule has 2 rings (SSSR count). The molecule has 0 spiro atoms. The zero-order chi connectivity index (χ0) is 17.6. The Labute approximate surface area is 147 Å². The van der Waals surface area contributed by atoms with Gasteiger partial charge in [-0.25, -0.2) is 0 Å². The number of hydrogen-bond donors (Lipinski definition) is 1. The predicted octanol–water partition coefficient (Wildman–Crippen LogP) is 2.74. The van der Waals surface area contributed by atoms with Crippen LogP contribution in [-0.4, -0.2) is 43.8 Å². The molecule has 1 aliphatic rings. The maximum Gasteiger partial charge on any atom is 0.279 e. The van der Waals surface area contributed by atoms with E-state index in [1.165, 1.54) is 5.56 Å². The van der Waals surface area contributed by atoms with E-state index in [4.69, 9.17) is 0 Å². The lowest BCUT2D eigenvalue weighted by Crippen LogP contribution is -2.41. The lowest BCUT2D eigenvalue weighted by atomic mass is 10.1. The van der Waals surface area contributed by atoms with Crippen molar-refractivity contribution in [3.05, 3.63) is 35.4 Å². The molecule has 1 N–H and O–H groups in total. The Morgan fingerprint density at radius 3 is 2.25 bits per heavy atom. The molecule has 0 saturated carbocycles. The first-order valence-electron chi connectivity index (χ1n) is 8.92. The van der Waals surface area contributed by atoms with Crippen molar-refractivity contribution in [3.8, 4) is 0 Å². The van der Waals surface area contributed by atoms with E-state index >= 15 is 0 Å². The molecule has 0 aromatic heterocycles. The molecule has 1 aromatic carbocycles. The van der Waals surface area contributed by atoms with Gasteiger partial charge in [0.2, 0.25) is 0 Å². The molecule has 0 aliphatic carbocycles. The quantitative estimate of drug-likeness (QED) is 0.820. The molecule has 1 saturated heterocycles. The van der Waals surface area contributed by atoms with E-state index in [2.05, 4.69) is 36.6 Å². The van der Waals surface area contributed by atoms with E-state index in [9.17, 15) is 8.42 Å². The first kappa shape index (κ1) is 19.4. The third-order valence-corrected chi connectivity index (χ3v) is 6.32. The molecular formula is C18H31N3O2S. The van der Waals surface area contributed by atoms with Gasteiger partial charge in [0.15, 0.2) is 0 Å². The molecule has 6 heteroatoms. The summed E-state index contributed by atoms with van der Waals surface area (Å²) in [5, 5.41) is 0. The zero-order valence-corrected chi connectivity index (χ0v) is 16.0. The lowest BCUT2D eigenvalue weighted by molar-refractivity contribution is 0.265. The third kappa shape index (κ3) is 5.55. The van der Waals surface area contributed by atoms with Gasteiger partial charge in [-0.05, 0) is 44.9 Å². The highest BCUT2D eigenvalue weighted by atomic mass is 32.2. The van der Waals surface area contributed by atoms with Crippen LogP contribution in [0.4, 0.5) is 0 Å². The summed E-state index contributed by atoms with van der Waals surface area (Å²) in [6, 6.07) is 8.51. The van der Waals surface area contributed by atoms with Crippen molar-refractivity contribution in [2.24, 2.45) is 0 Å². The molecule has 136 valence electrons. The van der Waals surface area contributed by atoms with Gasteiger partial charge in [-0.15, -0.1) is 0 Å². The van der Waals surface area contributed by atoms with Crippen molar-refractivity contribution in [2.75, 3.05) is 20.1 Å². The van der Waals surface area contributed by atoms with Crippen LogP contribution >= 0.6 is 0 Å². The van der Waals surface area contributed by atoms with Gasteiger partial charge in [0, 0.05) is 32.2 Å². The van der Waals surface area contributed by atoms with E-state index in [0.717, 1.165) is 37.8 Å². The summed E-state index contributed by atoms with van der Waals surface area (Å²) < 4.78 is 29.5. The molecular weight excluding hydrogens is 322 g/mol. The number of rotatable bonds is 7. The van der Waals surface area contributed by atoms with Crippen LogP contribution in [0.3, 0.4) is 0 Å². The van der Waals surface area contributed by atoms with Gasteiger partial charge in [0.05, 0.1) is 0 Å². The summed E-state index contributed by atoms with van der Waals surface area (Å²) in [6.07, 6.45) is 4.15. The summed E-state index contributed by atoms with van der Waals surface area (Å²) in [4.78, 5) is 2.25. The van der Waals surface area contributed by atoms with Crippen molar-refractivity contribution in [2.45, 2.75) is 58.7 Å². The fourth-order valence-corrected chi connectivity index (χ4v) is 4.14. The van der Waals surface area contributed by atoms with Gasteiger partial charge in [0.1, 0.15) is 0 Å². The average molecular weight is 354 g/mol. The molecule has 0 radical (unpaired) electrons. The average Bonchev–Trinajstić information content (AvgIpc) is 2.84. The smallest absolute Gasteiger partial charge is 0.279 e. The minimum atomic E-state index is -3.40. The Balaban J connectivity index is 2.03. The van der Waals surface area contributed by atoms with E-state index in [1.807, 2.05) is 18.2 Å². The molecule has 0 bridgehead atoms. The third-order valence-electron chi connectivity index (χ3n) is 4.77. The van der Waals surface area contributed by atoms with Crippen LogP contribution in [0.1, 0.15) is 50.7 Å². The van der Waals surface area contributed by atoms with Gasteiger partial charge < -0.3 is 0 Å². The van der Waals surface area contributed by atoms with Crippen molar-refractivity contribution in [1.29, 1.82) is 0 Å². The van der Waals surface area contributed by atoms with Crippen LogP contribution in [0.15, 0.2) is 24.3 Å². The Bertz CT molecular complexity index is 608. The number of nitrogens with zero attached hydrogens (tertiary/aromatic N) is 2. The van der Waals surface area contributed by atoms with Crippen molar-refractivity contribution in [1.82, 2.24) is 13.9 Å². The van der Waals surface area contributed by atoms with Crippen LogP contribution in [0.5, 0.6) is 0 Å². The predicted molar refractivity (Wildman–Crippen MR) is 98.8 cm³/mol. The van der Waals surface area contributed by atoms with Gasteiger partial charge in [-0.1, -0.05) is 37.1 Å². The highest BCUT2D eigenvalue weighted by Crippen LogP contribution is 2.15. The standard InChI is InChI=1S/C18H31N3O2S/c1-16(2)20(3)15-18-11-7-6-10-17(18)14-19-24(22,23)21-12-8-4-5-9-13-21/h6-7,10-11,16,19H,4-5,8-9,12-15H2,1-3H3. The van der Waals surface area contributed by atoms with Crippen LogP contribution in [0, 0.1) is 0 Å². The SMILES string of the molecule is CC(C)N(C)Cc1ccccc1CNS(=O)(=O)N1CCCCCC1. The van der Waals surface area contributed by atoms with Crippen molar-refractivity contribution >= 4 is 10.2 Å². The molecule has 1 fully saturated rings. The van der Waals surface area contributed by atoms with Crippen LogP contribution < -0.4 is 4.72 Å². The first-order chi connectivity index (χ1) is 11.4. The molecule has 24 heavy (non-hydrogen) atoms. The van der Waals surface area contributed by atoms with Crippen LogP contribution in [-0.2, 0) is 23.3 Å². The topological polar surface area (TPSA) is 52.7 Å². The maximum absolute atomic E-state index is 12.6. The maximum atomic E-state index is 12.6. The molecule has 1 heterocycles. The summed E-state index contributed by atoms with van der Waals surface area (Å²) in [7, 11) is -1.31. The number of hydrogen-bond acceptors (Lipinski definition) is 3. The normalized spacial score (nSPS) is 17.4. The Kier molecular flexibility index (Phi) is 7.22. The lowest BCUT2D eigenvalue weighted by Gasteiger charge is -2.23. The summed E-state index contributed by atoms with van der Waals surface area (Å²) in [5.41, 5.74) is 2.22. The molecule has 0 atom stereocenters. The number of benzene rings is 1. The fourth-order valence-electron chi connectivity index (χ4n) is 2.88. The van der Waals surface area contributed by atoms with E-state index in [1.54, 1.807) is 4.31 Å². The molecule has 0 unspecified atom stereocenters. The molecule has 0 amide bonds. The second-order valence-corrected chi connectivity index (χ2v) is 8.67. The highest BCUT2D eigenvalue weighted by molar-refractivity contribution is 7.87. The molecule has 1 aliphatic heterocycles. The highest BCUT2D eigenvalue weighted by Gasteiger charge is 2.22. The molecule has 5 nitrogen and oxygen atoms in total. The van der Waals surface area contributed by atoms with Crippen LogP contribution in [0.25, 0.3) is 0 Å². The largest absolute Gasteiger partial charge is 0.300 e. The molecule has 1 aromatic rings. The Morgan fingerprint density at radius 2 is 1.67 bits per heavy atom. The van der Waals surface area contributed by atoms with Gasteiger partial charge in [-0.3, -0.25) is 4.90 Å². The van der Waals surface area contributed by atoms with E-state index in [0.29, 0.717) is 25.7 Å². The summed E-state index contributed by atoms with van der Waals surface area (Å²) >= 11 is 0. The van der Waals surface area contributed by atoms with E-state index < -0.39 is 10.2 Å². The monoisotopic (exact) mass is 353 g/mol. The minimum absolute atomic E-state index is 0.348. The zero-order valence-electron chi connectivity index (χ0n) is 15.2.